The molecule has 4 nitrogen and oxygen atoms in total. The molecule has 0 saturated heterocycles. The molecule has 5 heteroatoms. The van der Waals surface area contributed by atoms with Gasteiger partial charge in [-0.2, -0.15) is 0 Å². The summed E-state index contributed by atoms with van der Waals surface area (Å²) < 4.78 is 16.7. The highest BCUT2D eigenvalue weighted by Crippen LogP contribution is 2.70. The van der Waals surface area contributed by atoms with Gasteiger partial charge in [-0.1, -0.05) is 13.8 Å². The number of ketones is 1. The van der Waals surface area contributed by atoms with E-state index in [-0.39, 0.29) is 31.0 Å². The second-order valence-corrected chi connectivity index (χ2v) is 9.58. The summed E-state index contributed by atoms with van der Waals surface area (Å²) in [6, 6.07) is 0. The molecule has 0 heterocycles. The quantitative estimate of drug-likeness (QED) is 0.625. The number of aliphatic hydroxyl groups excluding tert-OH is 2. The molecular weight excluding hydrogens is 323 g/mol. The summed E-state index contributed by atoms with van der Waals surface area (Å²) in [5.41, 5.74) is -3.95. The molecule has 0 aromatic heterocycles. The number of hydrogen-bond acceptors (Lipinski definition) is 4. The Balaban J connectivity index is 1.86. The summed E-state index contributed by atoms with van der Waals surface area (Å²) in [6.07, 6.45) is 1.62. The van der Waals surface area contributed by atoms with Crippen molar-refractivity contribution in [3.63, 3.8) is 0 Å². The lowest BCUT2D eigenvalue weighted by Crippen LogP contribution is -2.70. The molecular formula is C20H29FO4. The predicted octanol–water partition coefficient (Wildman–Crippen LogP) is 2.30. The molecule has 0 aromatic carbocycles. The topological polar surface area (TPSA) is 77.8 Å². The predicted molar refractivity (Wildman–Crippen MR) is 90.5 cm³/mol. The summed E-state index contributed by atoms with van der Waals surface area (Å²) in [7, 11) is 0. The monoisotopic (exact) mass is 352 g/mol. The molecule has 140 valence electrons. The Labute approximate surface area is 148 Å². The number of aliphatic hydroxyl groups is 3. The fourth-order valence-electron chi connectivity index (χ4n) is 6.83. The maximum Gasteiger partial charge on any atom is 0.155 e. The van der Waals surface area contributed by atoms with Crippen LogP contribution in [0.1, 0.15) is 59.3 Å². The van der Waals surface area contributed by atoms with Crippen molar-refractivity contribution in [3.8, 4) is 0 Å². The van der Waals surface area contributed by atoms with Gasteiger partial charge in [0.15, 0.2) is 5.78 Å². The Morgan fingerprint density at radius 3 is 2.52 bits per heavy atom. The molecule has 0 spiro atoms. The van der Waals surface area contributed by atoms with Crippen LogP contribution in [-0.2, 0) is 4.79 Å². The summed E-state index contributed by atoms with van der Waals surface area (Å²) in [6.45, 7) is 5.51. The van der Waals surface area contributed by atoms with Gasteiger partial charge in [-0.25, -0.2) is 4.39 Å². The highest BCUT2D eigenvalue weighted by Gasteiger charge is 2.73. The largest absolute Gasteiger partial charge is 0.390 e. The summed E-state index contributed by atoms with van der Waals surface area (Å²) >= 11 is 0. The van der Waals surface area contributed by atoms with Gasteiger partial charge in [-0.3, -0.25) is 4.79 Å². The minimum absolute atomic E-state index is 0.0764. The van der Waals surface area contributed by atoms with Crippen LogP contribution in [0.15, 0.2) is 11.6 Å². The molecule has 3 N–H and O–H groups in total. The van der Waals surface area contributed by atoms with E-state index in [4.69, 9.17) is 0 Å². The highest BCUT2D eigenvalue weighted by molar-refractivity contribution is 5.92. The van der Waals surface area contributed by atoms with Crippen LogP contribution in [0.5, 0.6) is 0 Å². The number of halogens is 1. The van der Waals surface area contributed by atoms with Gasteiger partial charge in [0.1, 0.15) is 5.67 Å². The zero-order valence-corrected chi connectivity index (χ0v) is 15.3. The van der Waals surface area contributed by atoms with E-state index in [9.17, 15) is 20.1 Å². The zero-order valence-electron chi connectivity index (χ0n) is 15.3. The summed E-state index contributed by atoms with van der Waals surface area (Å²) in [4.78, 5) is 11.9. The molecule has 8 atom stereocenters. The lowest BCUT2D eigenvalue weighted by molar-refractivity contribution is -0.234. The van der Waals surface area contributed by atoms with E-state index in [1.54, 1.807) is 13.8 Å². The highest BCUT2D eigenvalue weighted by atomic mass is 19.1. The van der Waals surface area contributed by atoms with Crippen LogP contribution in [0.4, 0.5) is 4.39 Å². The first-order valence-corrected chi connectivity index (χ1v) is 9.50. The van der Waals surface area contributed by atoms with Crippen LogP contribution in [-0.4, -0.2) is 44.6 Å². The van der Waals surface area contributed by atoms with Crippen molar-refractivity contribution >= 4 is 5.78 Å². The van der Waals surface area contributed by atoms with Crippen molar-refractivity contribution in [2.45, 2.75) is 82.8 Å². The maximum absolute atomic E-state index is 16.7. The molecule has 0 radical (unpaired) electrons. The molecule has 4 aliphatic carbocycles. The minimum Gasteiger partial charge on any atom is -0.390 e. The van der Waals surface area contributed by atoms with Crippen LogP contribution in [0, 0.1) is 22.7 Å². The van der Waals surface area contributed by atoms with Crippen molar-refractivity contribution in [1.29, 1.82) is 0 Å². The number of carbonyl (C=O) groups is 1. The Kier molecular flexibility index (Phi) is 3.48. The zero-order chi connectivity index (χ0) is 18.4. The van der Waals surface area contributed by atoms with Crippen molar-refractivity contribution < 1.29 is 24.5 Å². The van der Waals surface area contributed by atoms with E-state index in [2.05, 4.69) is 0 Å². The van der Waals surface area contributed by atoms with Crippen LogP contribution in [0.2, 0.25) is 0 Å². The van der Waals surface area contributed by atoms with E-state index in [0.29, 0.717) is 24.8 Å². The molecule has 4 aliphatic rings. The first-order chi connectivity index (χ1) is 11.5. The fraction of sp³-hybridized carbons (Fsp3) is 0.850. The molecule has 4 rings (SSSR count). The number of alkyl halides is 1. The van der Waals surface area contributed by atoms with Crippen molar-refractivity contribution in [1.82, 2.24) is 0 Å². The Hall–Kier alpha value is -0.780. The molecule has 0 aromatic rings. The second-order valence-electron chi connectivity index (χ2n) is 9.58. The SMILES string of the molecule is CC1(O)CC[C@H]2[C@@H]3CC(O)C4=CC(=O)CC[C@]4(C)[C@@]3(F)C(O)C[C@@]21C. The van der Waals surface area contributed by atoms with Gasteiger partial charge in [-0.15, -0.1) is 0 Å². The molecule has 0 amide bonds. The van der Waals surface area contributed by atoms with Gasteiger partial charge < -0.3 is 15.3 Å². The Bertz CT molecular complexity index is 658. The van der Waals surface area contributed by atoms with E-state index >= 15 is 4.39 Å². The van der Waals surface area contributed by atoms with E-state index in [0.717, 1.165) is 0 Å². The molecule has 3 fully saturated rings. The third-order valence-electron chi connectivity index (χ3n) is 8.63. The third kappa shape index (κ3) is 1.90. The van der Waals surface area contributed by atoms with Gasteiger partial charge in [0.05, 0.1) is 17.8 Å². The van der Waals surface area contributed by atoms with Gasteiger partial charge in [0, 0.05) is 23.2 Å². The van der Waals surface area contributed by atoms with Crippen LogP contribution in [0.25, 0.3) is 0 Å². The van der Waals surface area contributed by atoms with Crippen molar-refractivity contribution in [2.75, 3.05) is 0 Å². The number of hydrogen-bond donors (Lipinski definition) is 3. The normalized spacial score (nSPS) is 58.2. The lowest BCUT2D eigenvalue weighted by atomic mass is 9.43. The van der Waals surface area contributed by atoms with E-state index in [1.165, 1.54) is 6.08 Å². The summed E-state index contributed by atoms with van der Waals surface area (Å²) in [5, 5.41) is 32.6. The van der Waals surface area contributed by atoms with Gasteiger partial charge >= 0.3 is 0 Å². The Morgan fingerprint density at radius 1 is 1.16 bits per heavy atom. The van der Waals surface area contributed by atoms with Gasteiger partial charge in [-0.05, 0) is 56.6 Å². The molecule has 3 saturated carbocycles. The van der Waals surface area contributed by atoms with E-state index in [1.807, 2.05) is 6.92 Å². The van der Waals surface area contributed by atoms with Gasteiger partial charge in [0.25, 0.3) is 0 Å². The lowest BCUT2D eigenvalue weighted by Gasteiger charge is -2.64. The van der Waals surface area contributed by atoms with Gasteiger partial charge in [0.2, 0.25) is 0 Å². The van der Waals surface area contributed by atoms with Crippen LogP contribution >= 0.6 is 0 Å². The first kappa shape index (κ1) is 17.6. The first-order valence-electron chi connectivity index (χ1n) is 9.50. The fourth-order valence-corrected chi connectivity index (χ4v) is 6.83. The van der Waals surface area contributed by atoms with Crippen molar-refractivity contribution in [2.24, 2.45) is 22.7 Å². The third-order valence-corrected chi connectivity index (χ3v) is 8.63. The average molecular weight is 352 g/mol. The molecule has 0 aliphatic heterocycles. The number of carbonyl (C=O) groups excluding carboxylic acids is 1. The summed E-state index contributed by atoms with van der Waals surface area (Å²) in [5.74, 6) is -0.672. The number of rotatable bonds is 0. The Morgan fingerprint density at radius 2 is 1.84 bits per heavy atom. The molecule has 25 heavy (non-hydrogen) atoms. The average Bonchev–Trinajstić information content (AvgIpc) is 2.75. The van der Waals surface area contributed by atoms with Crippen LogP contribution in [0.3, 0.4) is 0 Å². The van der Waals surface area contributed by atoms with E-state index < -0.39 is 40.2 Å². The molecule has 0 bridgehead atoms. The standard InChI is InChI=1S/C20H29FO4/c1-17-6-4-11(22)8-14(17)15(23)9-13-12-5-7-19(3,25)18(12,2)10-16(24)20(13,17)21/h8,12-13,15-16,23-25H,4-7,9-10H2,1-3H3/t12-,13-,15?,16?,17-,18-,19?,20-/m0/s1. The minimum atomic E-state index is -1.87. The molecule has 3 unspecified atom stereocenters. The second kappa shape index (κ2) is 4.93. The maximum atomic E-state index is 16.7. The van der Waals surface area contributed by atoms with Crippen molar-refractivity contribution in [3.05, 3.63) is 11.6 Å². The van der Waals surface area contributed by atoms with Crippen LogP contribution < -0.4 is 0 Å². The number of fused-ring (bicyclic) bond motifs is 5. The smallest absolute Gasteiger partial charge is 0.155 e.